The third kappa shape index (κ3) is 5.57. The van der Waals surface area contributed by atoms with Crippen LogP contribution in [0.4, 0.5) is 11.5 Å². The second-order valence-electron chi connectivity index (χ2n) is 11.8. The number of halogens is 2. The molecule has 13 heteroatoms. The predicted octanol–water partition coefficient (Wildman–Crippen LogP) is 5.57. The van der Waals surface area contributed by atoms with Crippen molar-refractivity contribution in [2.45, 2.75) is 37.8 Å². The number of rotatable bonds is 7. The molecule has 2 aromatic carbocycles. The van der Waals surface area contributed by atoms with Crippen LogP contribution < -0.4 is 26.6 Å². The molecular weight excluding hydrogens is 641 g/mol. The normalized spacial score (nSPS) is 16.4. The molecule has 2 N–H and O–H groups in total. The second kappa shape index (κ2) is 12.7. The monoisotopic (exact) mass is 673 g/mol. The van der Waals surface area contributed by atoms with Crippen LogP contribution in [0, 0.1) is 0 Å². The van der Waals surface area contributed by atoms with E-state index in [9.17, 15) is 9.59 Å². The highest BCUT2D eigenvalue weighted by Gasteiger charge is 2.31. The fourth-order valence-electron chi connectivity index (χ4n) is 6.61. The van der Waals surface area contributed by atoms with Crippen LogP contribution in [0.2, 0.25) is 10.0 Å². The van der Waals surface area contributed by atoms with Gasteiger partial charge in [-0.1, -0.05) is 53.5 Å². The van der Waals surface area contributed by atoms with E-state index in [1.54, 1.807) is 20.2 Å². The van der Waals surface area contributed by atoms with Crippen molar-refractivity contribution in [3.8, 4) is 28.3 Å². The Morgan fingerprint density at radius 2 is 1.66 bits per heavy atom. The molecule has 7 rings (SSSR count). The van der Waals surface area contributed by atoms with Crippen molar-refractivity contribution in [2.24, 2.45) is 14.1 Å². The molecule has 0 spiro atoms. The molecule has 0 bridgehead atoms. The molecule has 1 aliphatic heterocycles. The maximum absolute atomic E-state index is 13.1. The van der Waals surface area contributed by atoms with E-state index in [1.165, 1.54) is 23.5 Å². The Morgan fingerprint density at radius 3 is 2.43 bits per heavy atom. The molecule has 0 unspecified atom stereocenters. The van der Waals surface area contributed by atoms with Crippen molar-refractivity contribution in [1.82, 2.24) is 29.4 Å². The summed E-state index contributed by atoms with van der Waals surface area (Å²) in [5.41, 5.74) is 4.89. The molecular formula is C34H33Cl2N7O4. The van der Waals surface area contributed by atoms with Gasteiger partial charge in [0, 0.05) is 61.6 Å². The van der Waals surface area contributed by atoms with Gasteiger partial charge >= 0.3 is 5.69 Å². The molecule has 1 fully saturated rings. The van der Waals surface area contributed by atoms with Gasteiger partial charge in [-0.2, -0.15) is 0 Å². The lowest BCUT2D eigenvalue weighted by atomic mass is 9.99. The summed E-state index contributed by atoms with van der Waals surface area (Å²) in [4.78, 5) is 39.0. The summed E-state index contributed by atoms with van der Waals surface area (Å²) in [5.74, 6) is 0.829. The molecule has 3 aromatic heterocycles. The number of benzene rings is 2. The number of anilines is 2. The van der Waals surface area contributed by atoms with Gasteiger partial charge in [-0.05, 0) is 43.4 Å². The number of fused-ring (bicyclic) bond motifs is 2. The van der Waals surface area contributed by atoms with Crippen molar-refractivity contribution in [3.63, 3.8) is 0 Å². The van der Waals surface area contributed by atoms with Gasteiger partial charge in [-0.15, -0.1) is 0 Å². The van der Waals surface area contributed by atoms with Crippen molar-refractivity contribution < 1.29 is 9.47 Å². The Balaban J connectivity index is 1.24. The average molecular weight is 675 g/mol. The number of hydrogen-bond acceptors (Lipinski definition) is 9. The van der Waals surface area contributed by atoms with Gasteiger partial charge < -0.3 is 20.1 Å². The van der Waals surface area contributed by atoms with Crippen LogP contribution >= 0.6 is 23.2 Å². The number of pyridine rings is 1. The van der Waals surface area contributed by atoms with Crippen molar-refractivity contribution in [2.75, 3.05) is 25.6 Å². The van der Waals surface area contributed by atoms with Gasteiger partial charge in [0.25, 0.3) is 5.56 Å². The molecule has 11 nitrogen and oxygen atoms in total. The second-order valence-corrected chi connectivity index (χ2v) is 12.6. The quantitative estimate of drug-likeness (QED) is 0.228. The zero-order valence-electron chi connectivity index (χ0n) is 26.1. The average Bonchev–Trinajstić information content (AvgIpc) is 3.50. The van der Waals surface area contributed by atoms with Crippen molar-refractivity contribution in [3.05, 3.63) is 90.8 Å². The topological polar surface area (TPSA) is 125 Å². The first-order valence-corrected chi connectivity index (χ1v) is 16.2. The molecule has 47 heavy (non-hydrogen) atoms. The summed E-state index contributed by atoms with van der Waals surface area (Å²) in [6, 6.07) is 14.0. The van der Waals surface area contributed by atoms with E-state index < -0.39 is 11.2 Å². The maximum Gasteiger partial charge on any atom is 0.332 e. The molecule has 0 saturated carbocycles. The number of ether oxygens (including phenoxy) is 2. The highest BCUT2D eigenvalue weighted by atomic mass is 35.5. The van der Waals surface area contributed by atoms with E-state index in [-0.39, 0.29) is 22.9 Å². The molecule has 0 radical (unpaired) electrons. The third-order valence-electron chi connectivity index (χ3n) is 9.07. The fraction of sp³-hybridized carbons (Fsp3) is 0.324. The third-order valence-corrected chi connectivity index (χ3v) is 9.88. The molecule has 0 amide bonds. The van der Waals surface area contributed by atoms with Gasteiger partial charge in [0.1, 0.15) is 17.5 Å². The smallest absolute Gasteiger partial charge is 0.332 e. The Labute approximate surface area is 280 Å². The first-order valence-electron chi connectivity index (χ1n) is 15.4. The lowest BCUT2D eigenvalue weighted by molar-refractivity contribution is 0.0748. The zero-order chi connectivity index (χ0) is 32.8. The molecule has 4 heterocycles. The standard InChI is InChI=1S/C34H33Cl2N7O4/c1-42-31-27(33(44)43(2)34(42)45)30(37-17-38-31)40-24-9-5-7-21(29(24)36)20-6-4-8-22(28(20)35)25-16-18-10-11-23(26(18)32(41-25)46-3)39-19-12-14-47-15-13-19/h4-9,16-17,19,23,39H,10-15H2,1-3H3,(H,37,38,40)/t23-/m0/s1. The largest absolute Gasteiger partial charge is 0.481 e. The van der Waals surface area contributed by atoms with Crippen molar-refractivity contribution in [1.29, 1.82) is 0 Å². The van der Waals surface area contributed by atoms with Gasteiger partial charge in [0.2, 0.25) is 5.88 Å². The number of aryl methyl sites for hydroxylation is 2. The molecule has 5 aromatic rings. The molecule has 2 aliphatic rings. The van der Waals surface area contributed by atoms with Gasteiger partial charge in [-0.3, -0.25) is 13.9 Å². The SMILES string of the molecule is COc1nc(-c2cccc(-c3cccc(Nc4ncnc5c4c(=O)n(C)c(=O)n5C)c3Cl)c2Cl)cc2c1[C@@H](NC1CCOCC1)CC2. The summed E-state index contributed by atoms with van der Waals surface area (Å²) >= 11 is 14.1. The van der Waals surface area contributed by atoms with Crippen molar-refractivity contribution >= 4 is 45.7 Å². The number of methoxy groups -OCH3 is 1. The zero-order valence-corrected chi connectivity index (χ0v) is 27.7. The lowest BCUT2D eigenvalue weighted by Gasteiger charge is -2.27. The van der Waals surface area contributed by atoms with E-state index in [0.29, 0.717) is 38.8 Å². The predicted molar refractivity (Wildman–Crippen MR) is 183 cm³/mol. The highest BCUT2D eigenvalue weighted by Crippen LogP contribution is 2.44. The van der Waals surface area contributed by atoms with E-state index in [2.05, 4.69) is 26.7 Å². The van der Waals surface area contributed by atoms with Gasteiger partial charge in [0.05, 0.1) is 28.5 Å². The van der Waals surface area contributed by atoms with Crippen LogP contribution in [0.15, 0.2) is 58.4 Å². The van der Waals surface area contributed by atoms with Crippen LogP contribution in [0.1, 0.15) is 36.4 Å². The summed E-state index contributed by atoms with van der Waals surface area (Å²) in [6.07, 6.45) is 5.17. The number of hydrogen-bond donors (Lipinski definition) is 2. The van der Waals surface area contributed by atoms with Crippen LogP contribution in [-0.4, -0.2) is 50.5 Å². The molecule has 1 aliphatic carbocycles. The lowest BCUT2D eigenvalue weighted by Crippen LogP contribution is -2.37. The van der Waals surface area contributed by atoms with E-state index in [0.717, 1.165) is 60.3 Å². The summed E-state index contributed by atoms with van der Waals surface area (Å²) in [7, 11) is 4.62. The number of aromatic nitrogens is 5. The Morgan fingerprint density at radius 1 is 0.936 bits per heavy atom. The van der Waals surface area contributed by atoms with E-state index in [1.807, 2.05) is 30.3 Å². The minimum Gasteiger partial charge on any atom is -0.481 e. The van der Waals surface area contributed by atoms with Crippen LogP contribution in [0.25, 0.3) is 33.4 Å². The molecule has 1 saturated heterocycles. The summed E-state index contributed by atoms with van der Waals surface area (Å²) < 4.78 is 13.7. The summed E-state index contributed by atoms with van der Waals surface area (Å²) in [6.45, 7) is 1.56. The van der Waals surface area contributed by atoms with E-state index in [4.69, 9.17) is 37.7 Å². The summed E-state index contributed by atoms with van der Waals surface area (Å²) in [5, 5.41) is 8.03. The van der Waals surface area contributed by atoms with E-state index >= 15 is 0 Å². The first kappa shape index (κ1) is 31.3. The van der Waals surface area contributed by atoms with Gasteiger partial charge in [0.15, 0.2) is 5.65 Å². The van der Waals surface area contributed by atoms with Crippen LogP contribution in [0.5, 0.6) is 5.88 Å². The number of nitrogens with zero attached hydrogens (tertiary/aromatic N) is 5. The minimum absolute atomic E-state index is 0.167. The van der Waals surface area contributed by atoms with Crippen LogP contribution in [0.3, 0.4) is 0 Å². The Kier molecular flexibility index (Phi) is 8.48. The maximum atomic E-state index is 13.1. The Hall–Kier alpha value is -4.29. The minimum atomic E-state index is -0.516. The van der Waals surface area contributed by atoms with Gasteiger partial charge in [-0.25, -0.2) is 19.7 Å². The first-order chi connectivity index (χ1) is 22.8. The van der Waals surface area contributed by atoms with Crippen LogP contribution in [-0.2, 0) is 25.3 Å². The molecule has 1 atom stereocenters. The molecule has 242 valence electrons. The highest BCUT2D eigenvalue weighted by molar-refractivity contribution is 6.39. The Bertz CT molecular complexity index is 2140. The number of nitrogens with one attached hydrogen (secondary N) is 2. The fourth-order valence-corrected chi connectivity index (χ4v) is 7.21.